The summed E-state index contributed by atoms with van der Waals surface area (Å²) in [6.45, 7) is 0. The van der Waals surface area contributed by atoms with Crippen LogP contribution in [-0.2, 0) is 26.7 Å². The number of halogens is 1. The summed E-state index contributed by atoms with van der Waals surface area (Å²) >= 11 is 5.92. The second kappa shape index (κ2) is 8.30. The van der Waals surface area contributed by atoms with E-state index in [1.165, 1.54) is 4.90 Å². The van der Waals surface area contributed by atoms with Crippen molar-refractivity contribution in [1.82, 2.24) is 9.88 Å². The van der Waals surface area contributed by atoms with Crippen LogP contribution in [0.25, 0.3) is 16.9 Å². The minimum Gasteiger partial charge on any atom is -0.508 e. The molecule has 1 aromatic carbocycles. The van der Waals surface area contributed by atoms with Crippen LogP contribution >= 0.6 is 11.6 Å². The quantitative estimate of drug-likeness (QED) is 0.332. The van der Waals surface area contributed by atoms with Gasteiger partial charge in [-0.2, -0.15) is 0 Å². The highest BCUT2D eigenvalue weighted by atomic mass is 35.5. The van der Waals surface area contributed by atoms with Crippen molar-refractivity contribution in [2.75, 3.05) is 33.1 Å². The summed E-state index contributed by atoms with van der Waals surface area (Å²) < 4.78 is 5.80. The van der Waals surface area contributed by atoms with Crippen LogP contribution in [0.4, 0.5) is 5.69 Å². The topological polar surface area (TPSA) is 170 Å². The summed E-state index contributed by atoms with van der Waals surface area (Å²) in [4.78, 5) is 47.0. The SMILES string of the molecule is CN(C)c1cc2nc(CCl)oc2c2c1C[C@H]1C[C@H]3[C@H](N(C)C)C(=O)C(C(N)=O)=C(O)[C@@]3(O)C(=O)C1=C2O. The molecule has 37 heavy (non-hydrogen) atoms. The summed E-state index contributed by atoms with van der Waals surface area (Å²) in [5.41, 5.74) is 4.18. The lowest BCUT2D eigenvalue weighted by atomic mass is 9.57. The fraction of sp³-hybridized carbons (Fsp3) is 0.440. The Bertz CT molecular complexity index is 1460. The number of oxazole rings is 1. The number of carbonyl (C=O) groups is 3. The summed E-state index contributed by atoms with van der Waals surface area (Å²) in [7, 11) is 6.82. The van der Waals surface area contributed by atoms with E-state index >= 15 is 0 Å². The largest absolute Gasteiger partial charge is 0.508 e. The molecule has 0 bridgehead atoms. The molecule has 0 aliphatic heterocycles. The molecule has 3 aliphatic rings. The summed E-state index contributed by atoms with van der Waals surface area (Å²) in [6, 6.07) is 0.710. The number of aliphatic hydroxyl groups excluding tert-OH is 2. The Balaban J connectivity index is 1.80. The Kier molecular flexibility index (Phi) is 5.67. The molecule has 1 fully saturated rings. The molecule has 4 atom stereocenters. The number of alkyl halides is 1. The Labute approximate surface area is 216 Å². The molecule has 196 valence electrons. The molecule has 5 rings (SSSR count). The number of ketones is 2. The van der Waals surface area contributed by atoms with Gasteiger partial charge in [0, 0.05) is 31.3 Å². The van der Waals surface area contributed by atoms with E-state index in [0.717, 1.165) is 5.69 Å². The number of carbonyl (C=O) groups excluding carboxylic acids is 3. The Hall–Kier alpha value is -3.41. The van der Waals surface area contributed by atoms with Crippen LogP contribution in [0.3, 0.4) is 0 Å². The maximum atomic E-state index is 14.0. The van der Waals surface area contributed by atoms with Gasteiger partial charge in [-0.3, -0.25) is 19.3 Å². The lowest BCUT2D eigenvalue weighted by Crippen LogP contribution is -2.65. The van der Waals surface area contributed by atoms with Crippen LogP contribution < -0.4 is 10.6 Å². The number of aliphatic hydroxyl groups is 3. The van der Waals surface area contributed by atoms with Crippen LogP contribution in [0, 0.1) is 11.8 Å². The van der Waals surface area contributed by atoms with Gasteiger partial charge in [0.2, 0.25) is 11.7 Å². The number of anilines is 1. The molecule has 5 N–H and O–H groups in total. The van der Waals surface area contributed by atoms with Gasteiger partial charge in [0.15, 0.2) is 17.0 Å². The normalized spacial score (nSPS) is 27.5. The number of Topliss-reactive ketones (excluding diaryl/α,β-unsaturated/α-hetero) is 2. The van der Waals surface area contributed by atoms with E-state index in [9.17, 15) is 29.7 Å². The van der Waals surface area contributed by atoms with Crippen molar-refractivity contribution in [2.45, 2.75) is 30.4 Å². The van der Waals surface area contributed by atoms with E-state index in [0.29, 0.717) is 11.1 Å². The number of hydrogen-bond acceptors (Lipinski definition) is 10. The molecular formula is C25H27ClN4O7. The zero-order valence-corrected chi connectivity index (χ0v) is 21.5. The monoisotopic (exact) mass is 530 g/mol. The first kappa shape index (κ1) is 25.2. The van der Waals surface area contributed by atoms with Crippen LogP contribution in [0.15, 0.2) is 27.4 Å². The first-order valence-corrected chi connectivity index (χ1v) is 12.2. The van der Waals surface area contributed by atoms with Crippen LogP contribution in [-0.4, -0.2) is 82.5 Å². The number of rotatable bonds is 4. The highest BCUT2D eigenvalue weighted by Crippen LogP contribution is 2.53. The van der Waals surface area contributed by atoms with Gasteiger partial charge in [-0.15, -0.1) is 11.6 Å². The van der Waals surface area contributed by atoms with Crippen LogP contribution in [0.2, 0.25) is 0 Å². The predicted octanol–water partition coefficient (Wildman–Crippen LogP) is 1.20. The zero-order valence-electron chi connectivity index (χ0n) is 20.7. The van der Waals surface area contributed by atoms with Gasteiger partial charge < -0.3 is 30.4 Å². The Morgan fingerprint density at radius 3 is 2.51 bits per heavy atom. The average Bonchev–Trinajstić information content (AvgIpc) is 3.23. The van der Waals surface area contributed by atoms with Gasteiger partial charge in [-0.25, -0.2) is 4.98 Å². The molecule has 0 unspecified atom stereocenters. The molecule has 12 heteroatoms. The van der Waals surface area contributed by atoms with E-state index in [-0.39, 0.29) is 41.3 Å². The van der Waals surface area contributed by atoms with Gasteiger partial charge in [0.25, 0.3) is 5.91 Å². The highest BCUT2D eigenvalue weighted by Gasteiger charge is 2.64. The highest BCUT2D eigenvalue weighted by molar-refractivity contribution is 6.24. The molecular weight excluding hydrogens is 504 g/mol. The molecule has 2 aromatic rings. The van der Waals surface area contributed by atoms with E-state index in [2.05, 4.69) is 4.98 Å². The van der Waals surface area contributed by atoms with Crippen molar-refractivity contribution in [1.29, 1.82) is 0 Å². The van der Waals surface area contributed by atoms with Gasteiger partial charge in [0.1, 0.15) is 22.6 Å². The van der Waals surface area contributed by atoms with Crippen molar-refractivity contribution < 1.29 is 34.1 Å². The molecule has 0 saturated heterocycles. The second-order valence-electron chi connectivity index (χ2n) is 10.2. The average molecular weight is 531 g/mol. The van der Waals surface area contributed by atoms with E-state index < -0.39 is 58.0 Å². The lowest BCUT2D eigenvalue weighted by molar-refractivity contribution is -0.153. The third-order valence-electron chi connectivity index (χ3n) is 7.72. The first-order valence-electron chi connectivity index (χ1n) is 11.7. The number of primary amides is 1. The number of amides is 1. The summed E-state index contributed by atoms with van der Waals surface area (Å²) in [5, 5.41) is 34.2. The van der Waals surface area contributed by atoms with Gasteiger partial charge >= 0.3 is 0 Å². The number of hydrogen-bond donors (Lipinski definition) is 4. The molecule has 1 aromatic heterocycles. The zero-order chi connectivity index (χ0) is 27.1. The molecule has 11 nitrogen and oxygen atoms in total. The third kappa shape index (κ3) is 3.27. The Morgan fingerprint density at radius 1 is 1.27 bits per heavy atom. The Morgan fingerprint density at radius 2 is 1.95 bits per heavy atom. The smallest absolute Gasteiger partial charge is 0.255 e. The van der Waals surface area contributed by atoms with E-state index in [1.54, 1.807) is 14.1 Å². The number of nitrogens with zero attached hydrogens (tertiary/aromatic N) is 3. The second-order valence-corrected chi connectivity index (χ2v) is 10.5. The molecule has 3 aliphatic carbocycles. The standard InChI is InChI=1S/C25H27ClN4O7/c1-29(2)13-7-12-21(37-14(8-26)28-12)16-10(13)5-9-6-11-18(30(3)4)20(32)17(24(27)35)23(34)25(11,36)22(33)15(9)19(16)31/h7,9,11,18,31,34,36H,5-6,8H2,1-4H3,(H2,27,35)/t9-,11-,18-,25-/m0/s1. The molecule has 1 saturated carbocycles. The number of fused-ring (bicyclic) bond motifs is 5. The molecule has 0 radical (unpaired) electrons. The maximum Gasteiger partial charge on any atom is 0.255 e. The molecule has 1 heterocycles. The number of likely N-dealkylation sites (N-methyl/N-ethyl adjacent to an activating group) is 1. The summed E-state index contributed by atoms with van der Waals surface area (Å²) in [6.07, 6.45) is 0.356. The maximum absolute atomic E-state index is 14.0. The van der Waals surface area contributed by atoms with Crippen molar-refractivity contribution in [2.24, 2.45) is 17.6 Å². The van der Waals surface area contributed by atoms with E-state index in [4.69, 9.17) is 21.8 Å². The van der Waals surface area contributed by atoms with Crippen molar-refractivity contribution in [3.63, 3.8) is 0 Å². The minimum atomic E-state index is -2.63. The number of benzene rings is 1. The van der Waals surface area contributed by atoms with Crippen LogP contribution in [0.1, 0.15) is 23.4 Å². The fourth-order valence-electron chi connectivity index (χ4n) is 6.18. The molecule has 0 spiro atoms. The van der Waals surface area contributed by atoms with Crippen molar-refractivity contribution in [3.05, 3.63) is 40.0 Å². The van der Waals surface area contributed by atoms with Crippen LogP contribution in [0.5, 0.6) is 0 Å². The summed E-state index contributed by atoms with van der Waals surface area (Å²) in [5.74, 6) is -5.96. The van der Waals surface area contributed by atoms with Crippen molar-refractivity contribution >= 4 is 51.6 Å². The first-order chi connectivity index (χ1) is 17.3. The van der Waals surface area contributed by atoms with Gasteiger partial charge in [-0.05, 0) is 44.5 Å². The minimum absolute atomic E-state index is 0.00438. The fourth-order valence-corrected chi connectivity index (χ4v) is 6.30. The number of aromatic nitrogens is 1. The predicted molar refractivity (Wildman–Crippen MR) is 134 cm³/mol. The van der Waals surface area contributed by atoms with E-state index in [1.807, 2.05) is 25.1 Å². The third-order valence-corrected chi connectivity index (χ3v) is 7.95. The molecule has 1 amide bonds. The lowest BCUT2D eigenvalue weighted by Gasteiger charge is -2.50. The van der Waals surface area contributed by atoms with Gasteiger partial charge in [-0.1, -0.05) is 0 Å². The number of nitrogens with two attached hydrogens (primary N) is 1. The van der Waals surface area contributed by atoms with Crippen molar-refractivity contribution in [3.8, 4) is 0 Å². The van der Waals surface area contributed by atoms with Gasteiger partial charge in [0.05, 0.1) is 17.5 Å².